The second-order valence-electron chi connectivity index (χ2n) is 5.58. The number of aliphatic hydroxyl groups excluding tert-OH is 1. The number of carbonyl (C=O) groups is 1. The second-order valence-corrected chi connectivity index (χ2v) is 5.58. The molecule has 1 amide bonds. The number of rotatable bonds is 3. The lowest BCUT2D eigenvalue weighted by Gasteiger charge is -2.34. The lowest BCUT2D eigenvalue weighted by atomic mass is 9.91. The first kappa shape index (κ1) is 13.5. The van der Waals surface area contributed by atoms with Crippen LogP contribution in [0.5, 0.6) is 0 Å². The van der Waals surface area contributed by atoms with Crippen molar-refractivity contribution < 1.29 is 14.6 Å². The average Bonchev–Trinajstić information content (AvgIpc) is 2.16. The molecule has 94 valence electrons. The molecule has 1 rings (SSSR count). The lowest BCUT2D eigenvalue weighted by molar-refractivity contribution is -0.141. The van der Waals surface area contributed by atoms with Crippen molar-refractivity contribution in [1.82, 2.24) is 4.90 Å². The molecule has 0 radical (unpaired) electrons. The molecule has 0 aromatic rings. The lowest BCUT2D eigenvalue weighted by Crippen LogP contribution is -2.46. The Bertz CT molecular complexity index is 233. The number of ether oxygens (including phenoxy) is 1. The number of hydrogen-bond donors (Lipinski definition) is 1. The number of hydrogen-bond acceptors (Lipinski definition) is 3. The Labute approximate surface area is 97.6 Å². The maximum atomic E-state index is 12.0. The Morgan fingerprint density at radius 2 is 2.19 bits per heavy atom. The van der Waals surface area contributed by atoms with Gasteiger partial charge in [0.1, 0.15) is 0 Å². The molecule has 1 fully saturated rings. The normalized spacial score (nSPS) is 22.2. The molecule has 0 aliphatic carbocycles. The van der Waals surface area contributed by atoms with E-state index in [9.17, 15) is 4.79 Å². The van der Waals surface area contributed by atoms with E-state index in [2.05, 4.69) is 20.8 Å². The molecule has 1 unspecified atom stereocenters. The summed E-state index contributed by atoms with van der Waals surface area (Å²) in [5.41, 5.74) is 0.0296. The molecule has 16 heavy (non-hydrogen) atoms. The highest BCUT2D eigenvalue weighted by atomic mass is 16.5. The molecule has 4 heteroatoms. The maximum absolute atomic E-state index is 12.0. The first-order chi connectivity index (χ1) is 7.42. The molecular formula is C12H23NO3. The number of morpholine rings is 1. The van der Waals surface area contributed by atoms with Gasteiger partial charge in [-0.3, -0.25) is 4.79 Å². The van der Waals surface area contributed by atoms with Gasteiger partial charge in [0.05, 0.1) is 12.7 Å². The van der Waals surface area contributed by atoms with Gasteiger partial charge < -0.3 is 14.7 Å². The molecule has 0 spiro atoms. The van der Waals surface area contributed by atoms with E-state index < -0.39 is 0 Å². The van der Waals surface area contributed by atoms with Gasteiger partial charge in [0.2, 0.25) is 5.91 Å². The Hall–Kier alpha value is -0.610. The Morgan fingerprint density at radius 1 is 1.50 bits per heavy atom. The summed E-state index contributed by atoms with van der Waals surface area (Å²) in [4.78, 5) is 13.8. The smallest absolute Gasteiger partial charge is 0.223 e. The minimum atomic E-state index is 0.00247. The third-order valence-corrected chi connectivity index (χ3v) is 2.62. The van der Waals surface area contributed by atoms with E-state index in [-0.39, 0.29) is 24.0 Å². The first-order valence-corrected chi connectivity index (χ1v) is 5.92. The van der Waals surface area contributed by atoms with Crippen LogP contribution in [0.25, 0.3) is 0 Å². The predicted octanol–water partition coefficient (Wildman–Crippen LogP) is 1.03. The number of amides is 1. The van der Waals surface area contributed by atoms with Gasteiger partial charge in [0.15, 0.2) is 0 Å². The zero-order valence-electron chi connectivity index (χ0n) is 10.5. The fourth-order valence-electron chi connectivity index (χ4n) is 1.83. The Morgan fingerprint density at radius 3 is 2.75 bits per heavy atom. The van der Waals surface area contributed by atoms with Crippen LogP contribution in [0.2, 0.25) is 0 Å². The van der Waals surface area contributed by atoms with E-state index in [0.717, 1.165) is 0 Å². The van der Waals surface area contributed by atoms with Crippen LogP contribution in [0, 0.1) is 5.41 Å². The van der Waals surface area contributed by atoms with Crippen LogP contribution in [0.4, 0.5) is 0 Å². The fraction of sp³-hybridized carbons (Fsp3) is 0.917. The van der Waals surface area contributed by atoms with Gasteiger partial charge in [-0.25, -0.2) is 0 Å². The summed E-state index contributed by atoms with van der Waals surface area (Å²) in [7, 11) is 0. The van der Waals surface area contributed by atoms with Gasteiger partial charge >= 0.3 is 0 Å². The van der Waals surface area contributed by atoms with Crippen molar-refractivity contribution >= 4 is 5.91 Å². The first-order valence-electron chi connectivity index (χ1n) is 5.92. The number of aliphatic hydroxyl groups is 1. The van der Waals surface area contributed by atoms with E-state index in [1.807, 2.05) is 4.90 Å². The van der Waals surface area contributed by atoms with Gasteiger partial charge in [0, 0.05) is 26.1 Å². The van der Waals surface area contributed by atoms with Crippen LogP contribution in [-0.2, 0) is 9.53 Å². The van der Waals surface area contributed by atoms with Crippen LogP contribution in [-0.4, -0.2) is 48.3 Å². The summed E-state index contributed by atoms with van der Waals surface area (Å²) in [6.07, 6.45) is 1.18. The van der Waals surface area contributed by atoms with Crippen LogP contribution in [0.15, 0.2) is 0 Å². The number of carbonyl (C=O) groups excluding carboxylic acids is 1. The minimum Gasteiger partial charge on any atom is -0.396 e. The summed E-state index contributed by atoms with van der Waals surface area (Å²) in [6.45, 7) is 8.20. The zero-order chi connectivity index (χ0) is 12.2. The molecule has 1 heterocycles. The highest BCUT2D eigenvalue weighted by Crippen LogP contribution is 2.21. The molecule has 1 saturated heterocycles. The van der Waals surface area contributed by atoms with E-state index in [1.165, 1.54) is 0 Å². The summed E-state index contributed by atoms with van der Waals surface area (Å²) >= 11 is 0. The molecule has 0 bridgehead atoms. The summed E-state index contributed by atoms with van der Waals surface area (Å²) < 4.78 is 5.47. The molecular weight excluding hydrogens is 206 g/mol. The SMILES string of the molecule is CC(C)(C)CC(=O)N1CCOC(CCO)C1. The number of nitrogens with zero attached hydrogens (tertiary/aromatic N) is 1. The molecule has 4 nitrogen and oxygen atoms in total. The largest absolute Gasteiger partial charge is 0.396 e. The van der Waals surface area contributed by atoms with E-state index in [1.54, 1.807) is 0 Å². The van der Waals surface area contributed by atoms with Crippen molar-refractivity contribution in [3.05, 3.63) is 0 Å². The van der Waals surface area contributed by atoms with Crippen molar-refractivity contribution in [3.8, 4) is 0 Å². The quantitative estimate of drug-likeness (QED) is 0.786. The van der Waals surface area contributed by atoms with Crippen molar-refractivity contribution in [2.45, 2.75) is 39.7 Å². The predicted molar refractivity (Wildman–Crippen MR) is 62.1 cm³/mol. The van der Waals surface area contributed by atoms with E-state index in [0.29, 0.717) is 32.5 Å². The van der Waals surface area contributed by atoms with Crippen LogP contribution in [0.1, 0.15) is 33.6 Å². The third kappa shape index (κ3) is 4.49. The minimum absolute atomic E-state index is 0.00247. The van der Waals surface area contributed by atoms with Crippen molar-refractivity contribution in [2.75, 3.05) is 26.3 Å². The van der Waals surface area contributed by atoms with Crippen LogP contribution in [0.3, 0.4) is 0 Å². The van der Waals surface area contributed by atoms with Gasteiger partial charge in [-0.15, -0.1) is 0 Å². The van der Waals surface area contributed by atoms with E-state index in [4.69, 9.17) is 9.84 Å². The van der Waals surface area contributed by atoms with Gasteiger partial charge in [-0.05, 0) is 11.8 Å². The van der Waals surface area contributed by atoms with Gasteiger partial charge in [0.25, 0.3) is 0 Å². The molecule has 0 aromatic carbocycles. The zero-order valence-corrected chi connectivity index (χ0v) is 10.5. The van der Waals surface area contributed by atoms with Crippen molar-refractivity contribution in [3.63, 3.8) is 0 Å². The van der Waals surface area contributed by atoms with Crippen LogP contribution < -0.4 is 0 Å². The highest BCUT2D eigenvalue weighted by molar-refractivity contribution is 5.76. The second kappa shape index (κ2) is 5.64. The molecule has 1 aliphatic heterocycles. The topological polar surface area (TPSA) is 49.8 Å². The molecule has 1 atom stereocenters. The average molecular weight is 229 g/mol. The highest BCUT2D eigenvalue weighted by Gasteiger charge is 2.26. The molecule has 0 saturated carbocycles. The summed E-state index contributed by atoms with van der Waals surface area (Å²) in [6, 6.07) is 0. The maximum Gasteiger partial charge on any atom is 0.223 e. The summed E-state index contributed by atoms with van der Waals surface area (Å²) in [5.74, 6) is 0.193. The Balaban J connectivity index is 2.44. The van der Waals surface area contributed by atoms with Crippen molar-refractivity contribution in [2.24, 2.45) is 5.41 Å². The van der Waals surface area contributed by atoms with E-state index >= 15 is 0 Å². The third-order valence-electron chi connectivity index (χ3n) is 2.62. The molecule has 0 aromatic heterocycles. The fourth-order valence-corrected chi connectivity index (χ4v) is 1.83. The monoisotopic (exact) mass is 229 g/mol. The molecule has 1 aliphatic rings. The molecule has 1 N–H and O–H groups in total. The standard InChI is InChI=1S/C12H23NO3/c1-12(2,3)8-11(15)13-5-7-16-10(9-13)4-6-14/h10,14H,4-9H2,1-3H3. The van der Waals surface area contributed by atoms with Crippen molar-refractivity contribution in [1.29, 1.82) is 0 Å². The van der Waals surface area contributed by atoms with Gasteiger partial charge in [-0.1, -0.05) is 20.8 Å². The summed E-state index contributed by atoms with van der Waals surface area (Å²) in [5, 5.41) is 8.85. The van der Waals surface area contributed by atoms with Gasteiger partial charge in [-0.2, -0.15) is 0 Å². The Kier molecular flexibility index (Phi) is 4.74. The van der Waals surface area contributed by atoms with Crippen LogP contribution >= 0.6 is 0 Å².